The van der Waals surface area contributed by atoms with Crippen LogP contribution in [-0.2, 0) is 4.74 Å². The molecule has 2 heterocycles. The van der Waals surface area contributed by atoms with E-state index in [0.717, 1.165) is 12.8 Å². The number of amides is 1. The van der Waals surface area contributed by atoms with Crippen molar-refractivity contribution < 1.29 is 24.5 Å². The van der Waals surface area contributed by atoms with E-state index in [1.165, 1.54) is 7.11 Å². The number of ether oxygens (including phenoxy) is 2. The number of aromatic nitrogens is 2. The van der Waals surface area contributed by atoms with Crippen LogP contribution in [0, 0.1) is 5.92 Å². The molecule has 2 aromatic rings. The fourth-order valence-corrected chi connectivity index (χ4v) is 3.90. The molecule has 1 aliphatic carbocycles. The van der Waals surface area contributed by atoms with Crippen LogP contribution in [0.25, 0.3) is 11.0 Å². The Labute approximate surface area is 176 Å². The van der Waals surface area contributed by atoms with Crippen molar-refractivity contribution in [2.24, 2.45) is 5.92 Å². The third-order valence-corrected chi connectivity index (χ3v) is 5.42. The highest BCUT2D eigenvalue weighted by Crippen LogP contribution is 2.34. The van der Waals surface area contributed by atoms with Gasteiger partial charge in [0, 0.05) is 23.9 Å². The van der Waals surface area contributed by atoms with Gasteiger partial charge in [0.25, 0.3) is 0 Å². The molecule has 1 aliphatic rings. The summed E-state index contributed by atoms with van der Waals surface area (Å²) in [5.41, 5.74) is 1.14. The smallest absolute Gasteiger partial charge is 0.407 e. The number of pyridine rings is 2. The van der Waals surface area contributed by atoms with E-state index >= 15 is 0 Å². The number of rotatable bonds is 5. The first-order chi connectivity index (χ1) is 14.2. The molecule has 0 aliphatic heterocycles. The van der Waals surface area contributed by atoms with E-state index in [2.05, 4.69) is 15.3 Å². The highest BCUT2D eigenvalue weighted by molar-refractivity contribution is 5.78. The van der Waals surface area contributed by atoms with Gasteiger partial charge in [-0.05, 0) is 64.5 Å². The van der Waals surface area contributed by atoms with Gasteiger partial charge in [-0.25, -0.2) is 9.78 Å². The molecule has 2 aromatic heterocycles. The van der Waals surface area contributed by atoms with Crippen molar-refractivity contribution in [2.45, 2.75) is 70.3 Å². The normalized spacial score (nSPS) is 21.7. The van der Waals surface area contributed by atoms with Crippen LogP contribution in [0.5, 0.6) is 5.88 Å². The van der Waals surface area contributed by atoms with Crippen molar-refractivity contribution >= 4 is 17.1 Å². The Bertz CT molecular complexity index is 875. The Morgan fingerprint density at radius 2 is 1.87 bits per heavy atom. The largest absolute Gasteiger partial charge is 0.481 e. The number of alkyl carbamates (subject to hydrolysis) is 1. The van der Waals surface area contributed by atoms with E-state index in [9.17, 15) is 15.0 Å². The average molecular weight is 418 g/mol. The van der Waals surface area contributed by atoms with Gasteiger partial charge >= 0.3 is 6.09 Å². The molecular weight excluding hydrogens is 386 g/mol. The summed E-state index contributed by atoms with van der Waals surface area (Å²) in [6, 6.07) is 5.17. The number of aliphatic hydroxyl groups is 2. The zero-order valence-electron chi connectivity index (χ0n) is 18.0. The van der Waals surface area contributed by atoms with Gasteiger partial charge in [0.2, 0.25) is 5.88 Å². The topological polar surface area (TPSA) is 114 Å². The van der Waals surface area contributed by atoms with Crippen LogP contribution in [0.15, 0.2) is 24.4 Å². The summed E-state index contributed by atoms with van der Waals surface area (Å²) in [6.45, 7) is 5.48. The predicted octanol–water partition coefficient (Wildman–Crippen LogP) is 3.12. The lowest BCUT2D eigenvalue weighted by atomic mass is 9.80. The summed E-state index contributed by atoms with van der Waals surface area (Å²) >= 11 is 0. The van der Waals surface area contributed by atoms with Crippen molar-refractivity contribution in [3.63, 3.8) is 0 Å². The van der Waals surface area contributed by atoms with Gasteiger partial charge in [-0.15, -0.1) is 0 Å². The minimum absolute atomic E-state index is 0.00752. The van der Waals surface area contributed by atoms with E-state index in [-0.39, 0.29) is 12.0 Å². The maximum atomic E-state index is 12.0. The van der Waals surface area contributed by atoms with Crippen LogP contribution in [0.1, 0.15) is 58.1 Å². The molecule has 1 amide bonds. The Morgan fingerprint density at radius 3 is 2.50 bits per heavy atom. The van der Waals surface area contributed by atoms with E-state index in [1.807, 2.05) is 20.8 Å². The number of methoxy groups -OCH3 is 1. The van der Waals surface area contributed by atoms with Crippen molar-refractivity contribution in [1.29, 1.82) is 0 Å². The van der Waals surface area contributed by atoms with Crippen molar-refractivity contribution in [2.75, 3.05) is 7.11 Å². The Kier molecular flexibility index (Phi) is 6.77. The molecular formula is C22H31N3O5. The van der Waals surface area contributed by atoms with Crippen LogP contribution in [0.2, 0.25) is 0 Å². The van der Waals surface area contributed by atoms with Gasteiger partial charge in [-0.2, -0.15) is 0 Å². The van der Waals surface area contributed by atoms with Crippen LogP contribution >= 0.6 is 0 Å². The van der Waals surface area contributed by atoms with Crippen LogP contribution in [-0.4, -0.2) is 51.1 Å². The van der Waals surface area contributed by atoms with Gasteiger partial charge in [0.15, 0.2) is 0 Å². The lowest BCUT2D eigenvalue weighted by molar-refractivity contribution is -0.0304. The predicted molar refractivity (Wildman–Crippen MR) is 112 cm³/mol. The van der Waals surface area contributed by atoms with Gasteiger partial charge in [-0.3, -0.25) is 4.98 Å². The van der Waals surface area contributed by atoms with Crippen LogP contribution < -0.4 is 10.1 Å². The fraction of sp³-hybridized carbons (Fsp3) is 0.591. The zero-order valence-corrected chi connectivity index (χ0v) is 18.0. The molecule has 164 valence electrons. The molecule has 30 heavy (non-hydrogen) atoms. The Morgan fingerprint density at radius 1 is 1.17 bits per heavy atom. The number of fused-ring (bicyclic) bond motifs is 1. The van der Waals surface area contributed by atoms with Crippen molar-refractivity contribution in [3.05, 3.63) is 30.0 Å². The molecule has 0 saturated heterocycles. The van der Waals surface area contributed by atoms with Gasteiger partial charge in [0.1, 0.15) is 11.7 Å². The summed E-state index contributed by atoms with van der Waals surface area (Å²) in [6.07, 6.45) is 1.98. The molecule has 8 nitrogen and oxygen atoms in total. The van der Waals surface area contributed by atoms with Crippen molar-refractivity contribution in [1.82, 2.24) is 15.3 Å². The average Bonchev–Trinajstić information content (AvgIpc) is 2.71. The molecule has 1 fully saturated rings. The summed E-state index contributed by atoms with van der Waals surface area (Å²) in [5.74, 6) is 0.345. The molecule has 0 radical (unpaired) electrons. The number of hydrogen-bond acceptors (Lipinski definition) is 7. The first kappa shape index (κ1) is 22.2. The van der Waals surface area contributed by atoms with Crippen LogP contribution in [0.4, 0.5) is 4.79 Å². The lowest BCUT2D eigenvalue weighted by Gasteiger charge is -2.34. The van der Waals surface area contributed by atoms with Gasteiger partial charge in [-0.1, -0.05) is 0 Å². The molecule has 8 heteroatoms. The number of nitrogens with one attached hydrogen (secondary N) is 1. The second-order valence-electron chi connectivity index (χ2n) is 8.81. The number of aliphatic hydroxyl groups excluding tert-OH is 2. The Hall–Kier alpha value is -2.45. The fourth-order valence-electron chi connectivity index (χ4n) is 3.90. The SMILES string of the molecule is COc1ccc2nccc(C(O)C(O)C3CCC(NC(=O)OC(C)(C)C)CC3)c2n1. The van der Waals surface area contributed by atoms with Gasteiger partial charge in [0.05, 0.1) is 24.2 Å². The molecule has 3 rings (SSSR count). The number of hydrogen-bond donors (Lipinski definition) is 3. The molecule has 0 bridgehead atoms. The first-order valence-corrected chi connectivity index (χ1v) is 10.3. The Balaban J connectivity index is 1.63. The maximum absolute atomic E-state index is 12.0. The monoisotopic (exact) mass is 417 g/mol. The van der Waals surface area contributed by atoms with E-state index in [4.69, 9.17) is 9.47 Å². The summed E-state index contributed by atoms with van der Waals surface area (Å²) in [5, 5.41) is 24.7. The number of carbonyl (C=O) groups excluding carboxylic acids is 1. The summed E-state index contributed by atoms with van der Waals surface area (Å²) in [4.78, 5) is 20.6. The standard InChI is InChI=1S/C22H31N3O5/c1-22(2,3)30-21(28)24-14-7-5-13(6-8-14)19(26)20(27)15-11-12-23-16-9-10-17(29-4)25-18(15)16/h9-14,19-20,26-27H,5-8H2,1-4H3,(H,24,28). The van der Waals surface area contributed by atoms with Crippen LogP contribution in [0.3, 0.4) is 0 Å². The second kappa shape index (κ2) is 9.14. The van der Waals surface area contributed by atoms with E-state index in [0.29, 0.717) is 35.3 Å². The molecule has 0 spiro atoms. The quantitative estimate of drug-likeness (QED) is 0.685. The second-order valence-corrected chi connectivity index (χ2v) is 8.81. The van der Waals surface area contributed by atoms with Gasteiger partial charge < -0.3 is 25.0 Å². The minimum Gasteiger partial charge on any atom is -0.481 e. The third-order valence-electron chi connectivity index (χ3n) is 5.42. The third kappa shape index (κ3) is 5.37. The highest BCUT2D eigenvalue weighted by Gasteiger charge is 2.33. The zero-order chi connectivity index (χ0) is 21.9. The number of carbonyl (C=O) groups is 1. The summed E-state index contributed by atoms with van der Waals surface area (Å²) in [7, 11) is 1.53. The van der Waals surface area contributed by atoms with E-state index in [1.54, 1.807) is 24.4 Å². The maximum Gasteiger partial charge on any atom is 0.407 e. The lowest BCUT2D eigenvalue weighted by Crippen LogP contribution is -2.42. The van der Waals surface area contributed by atoms with E-state index < -0.39 is 23.9 Å². The molecule has 0 aromatic carbocycles. The first-order valence-electron chi connectivity index (χ1n) is 10.3. The molecule has 2 unspecified atom stereocenters. The molecule has 2 atom stereocenters. The summed E-state index contributed by atoms with van der Waals surface area (Å²) < 4.78 is 10.5. The molecule has 1 saturated carbocycles. The van der Waals surface area contributed by atoms with Crippen molar-refractivity contribution in [3.8, 4) is 5.88 Å². The molecule has 3 N–H and O–H groups in total. The number of nitrogens with zero attached hydrogens (tertiary/aromatic N) is 2. The highest BCUT2D eigenvalue weighted by atomic mass is 16.6. The minimum atomic E-state index is -1.09.